The van der Waals surface area contributed by atoms with E-state index in [1.54, 1.807) is 36.1 Å². The molecule has 272 valence electrons. The number of rotatable bonds is 8. The molecule has 1 saturated carbocycles. The Hall–Kier alpha value is -3.45. The molecule has 0 spiro atoms. The number of amides is 2. The number of ether oxygens (including phenoxy) is 1. The van der Waals surface area contributed by atoms with E-state index in [1.807, 2.05) is 11.0 Å². The number of anilines is 1. The highest BCUT2D eigenvalue weighted by molar-refractivity contribution is 5.75. The van der Waals surface area contributed by atoms with Gasteiger partial charge in [-0.15, -0.1) is 0 Å². The summed E-state index contributed by atoms with van der Waals surface area (Å²) in [7, 11) is 1.34. The van der Waals surface area contributed by atoms with Crippen LogP contribution in [0.4, 0.5) is 32.4 Å². The predicted molar refractivity (Wildman–Crippen MR) is 178 cm³/mol. The quantitative estimate of drug-likeness (QED) is 0.369. The van der Waals surface area contributed by atoms with Crippen molar-refractivity contribution in [3.05, 3.63) is 65.0 Å². The molecule has 4 aliphatic heterocycles. The van der Waals surface area contributed by atoms with E-state index in [9.17, 15) is 31.5 Å². The maximum absolute atomic E-state index is 14.9. The fraction of sp³-hybridized carbons (Fsp3) is 0.622. The second kappa shape index (κ2) is 13.6. The van der Waals surface area contributed by atoms with Crippen LogP contribution in [0.3, 0.4) is 0 Å². The van der Waals surface area contributed by atoms with Gasteiger partial charge in [0.05, 0.1) is 12.7 Å². The largest absolute Gasteiger partial charge is 0.453 e. The number of halogens is 5. The van der Waals surface area contributed by atoms with Crippen molar-refractivity contribution in [2.45, 2.75) is 69.0 Å². The number of nitrogens with zero attached hydrogens (tertiary/aromatic N) is 4. The molecule has 7 rings (SSSR count). The summed E-state index contributed by atoms with van der Waals surface area (Å²) in [6, 6.07) is 10.8. The summed E-state index contributed by atoms with van der Waals surface area (Å²) in [6.07, 6.45) is -2.79. The van der Waals surface area contributed by atoms with Crippen LogP contribution in [0.2, 0.25) is 0 Å². The van der Waals surface area contributed by atoms with Crippen LogP contribution >= 0.6 is 0 Å². The molecule has 4 atom stereocenters. The molecule has 50 heavy (non-hydrogen) atoms. The second-order valence-electron chi connectivity index (χ2n) is 15.1. The zero-order valence-corrected chi connectivity index (χ0v) is 28.6. The molecule has 1 N–H and O–H groups in total. The number of alkyl carbamates (subject to hydrolysis) is 1. The first-order valence-electron chi connectivity index (χ1n) is 17.8. The van der Waals surface area contributed by atoms with Crippen molar-refractivity contribution in [2.24, 2.45) is 17.8 Å². The zero-order chi connectivity index (χ0) is 35.4. The van der Waals surface area contributed by atoms with Gasteiger partial charge >= 0.3 is 12.3 Å². The van der Waals surface area contributed by atoms with E-state index >= 15 is 0 Å². The lowest BCUT2D eigenvalue weighted by Gasteiger charge is -2.49. The number of carbonyl (C=O) groups is 2. The van der Waals surface area contributed by atoms with Crippen molar-refractivity contribution >= 4 is 17.7 Å². The highest BCUT2D eigenvalue weighted by Crippen LogP contribution is 2.56. The number of piperidine rings is 1. The van der Waals surface area contributed by atoms with Crippen LogP contribution in [0.15, 0.2) is 42.5 Å². The predicted octanol–water partition coefficient (Wildman–Crippen LogP) is 5.45. The lowest BCUT2D eigenvalue weighted by molar-refractivity contribution is -0.138. The number of hydrogen-bond acceptors (Lipinski definition) is 6. The van der Waals surface area contributed by atoms with Gasteiger partial charge in [-0.2, -0.15) is 13.2 Å². The Morgan fingerprint density at radius 3 is 2.36 bits per heavy atom. The van der Waals surface area contributed by atoms with Crippen LogP contribution in [-0.4, -0.2) is 104 Å². The van der Waals surface area contributed by atoms with Gasteiger partial charge in [0, 0.05) is 87.8 Å². The van der Waals surface area contributed by atoms with Gasteiger partial charge in [0.1, 0.15) is 12.0 Å². The smallest absolute Gasteiger partial charge is 0.416 e. The molecule has 0 aromatic heterocycles. The minimum atomic E-state index is -4.47. The van der Waals surface area contributed by atoms with E-state index in [2.05, 4.69) is 15.1 Å². The molecular formula is C37H46F5N5O3. The SMILES string of the molecule is COC(=O)N[C@H]1CCC2[C@@H]1C(c1cccc(F)c1)(C1CCN(CC3CN(c4ccc(C(F)(F)F)c(CN5CC(F)C5)c4)C3)CC1)CN2C(C)=O. The highest BCUT2D eigenvalue weighted by Gasteiger charge is 2.62. The van der Waals surface area contributed by atoms with Gasteiger partial charge < -0.3 is 24.8 Å². The van der Waals surface area contributed by atoms with Gasteiger partial charge in [-0.1, -0.05) is 12.1 Å². The van der Waals surface area contributed by atoms with Crippen LogP contribution in [0.1, 0.15) is 49.3 Å². The second-order valence-corrected chi connectivity index (χ2v) is 15.1. The van der Waals surface area contributed by atoms with E-state index in [4.69, 9.17) is 4.74 Å². The Kier molecular flexibility index (Phi) is 9.51. The molecule has 2 unspecified atom stereocenters. The summed E-state index contributed by atoms with van der Waals surface area (Å²) in [5.41, 5.74) is 0.613. The lowest BCUT2D eigenvalue weighted by atomic mass is 9.59. The van der Waals surface area contributed by atoms with Crippen LogP contribution in [0, 0.1) is 23.6 Å². The number of carbonyl (C=O) groups excluding carboxylic acids is 2. The Balaban J connectivity index is 1.03. The van der Waals surface area contributed by atoms with Crippen LogP contribution in [-0.2, 0) is 27.7 Å². The molecule has 2 aromatic rings. The molecule has 13 heteroatoms. The average molecular weight is 704 g/mol. The third-order valence-corrected chi connectivity index (χ3v) is 12.2. The average Bonchev–Trinajstić information content (AvgIpc) is 3.61. The first-order valence-corrected chi connectivity index (χ1v) is 17.8. The summed E-state index contributed by atoms with van der Waals surface area (Å²) < 4.78 is 74.4. The van der Waals surface area contributed by atoms with Crippen molar-refractivity contribution in [3.63, 3.8) is 0 Å². The van der Waals surface area contributed by atoms with E-state index in [0.29, 0.717) is 18.9 Å². The van der Waals surface area contributed by atoms with Crippen LogP contribution in [0.5, 0.6) is 0 Å². The number of fused-ring (bicyclic) bond motifs is 1. The summed E-state index contributed by atoms with van der Waals surface area (Å²) >= 11 is 0. The molecule has 8 nitrogen and oxygen atoms in total. The van der Waals surface area contributed by atoms with Crippen molar-refractivity contribution in [1.82, 2.24) is 20.0 Å². The van der Waals surface area contributed by atoms with E-state index in [1.165, 1.54) is 13.2 Å². The van der Waals surface area contributed by atoms with Crippen LogP contribution in [0.25, 0.3) is 0 Å². The van der Waals surface area contributed by atoms with Gasteiger partial charge in [0.15, 0.2) is 0 Å². The maximum atomic E-state index is 14.9. The molecule has 1 aliphatic carbocycles. The molecule has 0 radical (unpaired) electrons. The number of nitrogens with one attached hydrogen (secondary N) is 1. The molecule has 2 aromatic carbocycles. The summed E-state index contributed by atoms with van der Waals surface area (Å²) in [4.78, 5) is 33.6. The van der Waals surface area contributed by atoms with Crippen molar-refractivity contribution in [3.8, 4) is 0 Å². The van der Waals surface area contributed by atoms with E-state index < -0.39 is 29.4 Å². The van der Waals surface area contributed by atoms with Gasteiger partial charge in [0.2, 0.25) is 5.91 Å². The fourth-order valence-electron chi connectivity index (χ4n) is 9.90. The van der Waals surface area contributed by atoms with Crippen LogP contribution < -0.4 is 10.2 Å². The number of methoxy groups -OCH3 is 1. The van der Waals surface area contributed by atoms with E-state index in [-0.39, 0.29) is 60.8 Å². The summed E-state index contributed by atoms with van der Waals surface area (Å²) in [5.74, 6) is 0.0937. The molecule has 5 fully saturated rings. The summed E-state index contributed by atoms with van der Waals surface area (Å²) in [6.45, 7) is 6.49. The summed E-state index contributed by atoms with van der Waals surface area (Å²) in [5, 5.41) is 3.05. The Labute approximate surface area is 289 Å². The molecule has 0 bridgehead atoms. The number of hydrogen-bond donors (Lipinski definition) is 1. The molecule has 2 amide bonds. The topological polar surface area (TPSA) is 68.4 Å². The Morgan fingerprint density at radius 1 is 0.980 bits per heavy atom. The number of likely N-dealkylation sites (tertiary alicyclic amines) is 3. The van der Waals surface area contributed by atoms with Gasteiger partial charge in [-0.3, -0.25) is 9.69 Å². The molecule has 4 heterocycles. The number of benzene rings is 2. The number of alkyl halides is 4. The van der Waals surface area contributed by atoms with Crippen molar-refractivity contribution < 1.29 is 36.3 Å². The van der Waals surface area contributed by atoms with E-state index in [0.717, 1.165) is 69.3 Å². The molecule has 4 saturated heterocycles. The molecular weight excluding hydrogens is 657 g/mol. The Bertz CT molecular complexity index is 1570. The van der Waals surface area contributed by atoms with Gasteiger partial charge in [0.25, 0.3) is 0 Å². The third-order valence-electron chi connectivity index (χ3n) is 12.2. The zero-order valence-electron chi connectivity index (χ0n) is 28.6. The van der Waals surface area contributed by atoms with Gasteiger partial charge in [-0.05, 0) is 86.1 Å². The first kappa shape index (κ1) is 35.0. The lowest BCUT2D eigenvalue weighted by Crippen LogP contribution is -2.55. The Morgan fingerprint density at radius 2 is 1.72 bits per heavy atom. The minimum absolute atomic E-state index is 0.0157. The minimum Gasteiger partial charge on any atom is -0.453 e. The highest BCUT2D eigenvalue weighted by atomic mass is 19.4. The molecule has 5 aliphatic rings. The third kappa shape index (κ3) is 6.55. The van der Waals surface area contributed by atoms with Crippen molar-refractivity contribution in [2.75, 3.05) is 64.4 Å². The van der Waals surface area contributed by atoms with Crippen molar-refractivity contribution in [1.29, 1.82) is 0 Å². The first-order chi connectivity index (χ1) is 23.8. The van der Waals surface area contributed by atoms with Gasteiger partial charge in [-0.25, -0.2) is 13.6 Å². The fourth-order valence-corrected chi connectivity index (χ4v) is 9.90. The normalized spacial score (nSPS) is 28.3. The standard InChI is InChI=1S/C37H46F5N5O3/c1-23(48)47-22-36(27-4-3-5-28(38)15-27,34-32(8-9-33(34)47)43-35(49)50-2)26-10-12-44(13-11-26)16-24-17-46(18-24)30-6-7-31(37(40,41)42)25(14-30)19-45-20-29(39)21-45/h3-7,14-15,24,26,29,32-34H,8-13,16-22H2,1-2H3,(H,43,49)/t32-,33?,34+,36?/m0/s1. The maximum Gasteiger partial charge on any atom is 0.416 e. The monoisotopic (exact) mass is 703 g/mol.